The number of primary amides is 2. The molecule has 0 aliphatic carbocycles. The lowest BCUT2D eigenvalue weighted by Gasteiger charge is -2.10. The standard InChI is InChI=1S/C10H12N2O2.ClH/c11-9(13)6-8(10(12)14)7-4-2-1-3-5-7;/h1-5,8H,6H2,(H2,11,13)(H2,12,14);1H. The van der Waals surface area contributed by atoms with Gasteiger partial charge in [0.15, 0.2) is 0 Å². The summed E-state index contributed by atoms with van der Waals surface area (Å²) < 4.78 is 0. The Morgan fingerprint density at radius 2 is 1.67 bits per heavy atom. The summed E-state index contributed by atoms with van der Waals surface area (Å²) in [4.78, 5) is 21.8. The second kappa shape index (κ2) is 6.03. The van der Waals surface area contributed by atoms with Crippen molar-refractivity contribution in [3.63, 3.8) is 0 Å². The molecule has 2 amide bonds. The number of hydrogen-bond donors (Lipinski definition) is 2. The van der Waals surface area contributed by atoms with Crippen LogP contribution in [0.2, 0.25) is 0 Å². The van der Waals surface area contributed by atoms with Gasteiger partial charge in [-0.1, -0.05) is 30.3 Å². The first-order chi connectivity index (χ1) is 6.61. The Bertz CT molecular complexity index is 341. The van der Waals surface area contributed by atoms with E-state index in [9.17, 15) is 9.59 Å². The molecule has 0 aliphatic heterocycles. The fourth-order valence-electron chi connectivity index (χ4n) is 1.27. The van der Waals surface area contributed by atoms with Crippen molar-refractivity contribution < 1.29 is 9.59 Å². The van der Waals surface area contributed by atoms with E-state index in [4.69, 9.17) is 11.5 Å². The summed E-state index contributed by atoms with van der Waals surface area (Å²) in [5.41, 5.74) is 10.9. The molecule has 0 heterocycles. The average molecular weight is 229 g/mol. The van der Waals surface area contributed by atoms with Gasteiger partial charge in [-0.2, -0.15) is 0 Å². The van der Waals surface area contributed by atoms with Crippen molar-refractivity contribution in [2.24, 2.45) is 11.5 Å². The van der Waals surface area contributed by atoms with E-state index in [0.717, 1.165) is 5.56 Å². The van der Waals surface area contributed by atoms with Crippen LogP contribution in [-0.2, 0) is 9.59 Å². The molecular formula is C10H13ClN2O2. The molecule has 0 bridgehead atoms. The molecule has 5 heteroatoms. The molecule has 4 nitrogen and oxygen atoms in total. The Morgan fingerprint density at radius 3 is 2.07 bits per heavy atom. The maximum Gasteiger partial charge on any atom is 0.225 e. The third-order valence-electron chi connectivity index (χ3n) is 1.95. The Kier molecular flexibility index (Phi) is 5.41. The number of carbonyl (C=O) groups is 2. The maximum atomic E-state index is 11.0. The molecule has 0 spiro atoms. The van der Waals surface area contributed by atoms with Gasteiger partial charge in [-0.15, -0.1) is 12.4 Å². The SMILES string of the molecule is Cl.NC(=O)CC(C(N)=O)c1ccccc1. The molecule has 15 heavy (non-hydrogen) atoms. The predicted molar refractivity (Wildman–Crippen MR) is 59.4 cm³/mol. The van der Waals surface area contributed by atoms with Gasteiger partial charge in [-0.3, -0.25) is 9.59 Å². The molecule has 1 rings (SSSR count). The normalized spacial score (nSPS) is 11.2. The van der Waals surface area contributed by atoms with E-state index in [-0.39, 0.29) is 18.8 Å². The first-order valence-corrected chi connectivity index (χ1v) is 4.24. The molecular weight excluding hydrogens is 216 g/mol. The summed E-state index contributed by atoms with van der Waals surface area (Å²) in [5, 5.41) is 0. The van der Waals surface area contributed by atoms with Gasteiger partial charge < -0.3 is 11.5 Å². The second-order valence-electron chi connectivity index (χ2n) is 3.04. The van der Waals surface area contributed by atoms with Crippen LogP contribution in [0.1, 0.15) is 17.9 Å². The Morgan fingerprint density at radius 1 is 1.13 bits per heavy atom. The second-order valence-corrected chi connectivity index (χ2v) is 3.04. The van der Waals surface area contributed by atoms with Gasteiger partial charge in [0.2, 0.25) is 11.8 Å². The van der Waals surface area contributed by atoms with Crippen LogP contribution < -0.4 is 11.5 Å². The lowest BCUT2D eigenvalue weighted by Crippen LogP contribution is -2.26. The summed E-state index contributed by atoms with van der Waals surface area (Å²) in [7, 11) is 0. The number of halogens is 1. The van der Waals surface area contributed by atoms with Crippen LogP contribution in [0.5, 0.6) is 0 Å². The smallest absolute Gasteiger partial charge is 0.225 e. The van der Waals surface area contributed by atoms with Gasteiger partial charge in [0, 0.05) is 6.42 Å². The average Bonchev–Trinajstić information content (AvgIpc) is 2.15. The highest BCUT2D eigenvalue weighted by atomic mass is 35.5. The monoisotopic (exact) mass is 228 g/mol. The van der Waals surface area contributed by atoms with Crippen LogP contribution >= 0.6 is 12.4 Å². The Balaban J connectivity index is 0.00000196. The van der Waals surface area contributed by atoms with Crippen LogP contribution in [0.15, 0.2) is 30.3 Å². The molecule has 1 unspecified atom stereocenters. The molecule has 1 aromatic rings. The number of rotatable bonds is 4. The molecule has 0 saturated heterocycles. The van der Waals surface area contributed by atoms with Gasteiger partial charge in [0.1, 0.15) is 0 Å². The highest BCUT2D eigenvalue weighted by Crippen LogP contribution is 2.18. The van der Waals surface area contributed by atoms with Gasteiger partial charge in [-0.25, -0.2) is 0 Å². The largest absolute Gasteiger partial charge is 0.370 e. The van der Waals surface area contributed by atoms with E-state index in [1.807, 2.05) is 6.07 Å². The summed E-state index contributed by atoms with van der Waals surface area (Å²) >= 11 is 0. The third kappa shape index (κ3) is 3.99. The quantitative estimate of drug-likeness (QED) is 0.789. The fourth-order valence-corrected chi connectivity index (χ4v) is 1.27. The highest BCUT2D eigenvalue weighted by Gasteiger charge is 2.19. The summed E-state index contributed by atoms with van der Waals surface area (Å²) in [6, 6.07) is 8.89. The highest BCUT2D eigenvalue weighted by molar-refractivity contribution is 5.88. The van der Waals surface area contributed by atoms with E-state index >= 15 is 0 Å². The van der Waals surface area contributed by atoms with Crippen molar-refractivity contribution in [2.45, 2.75) is 12.3 Å². The number of amides is 2. The van der Waals surface area contributed by atoms with Crippen LogP contribution in [0, 0.1) is 0 Å². The van der Waals surface area contributed by atoms with Crippen LogP contribution in [0.4, 0.5) is 0 Å². The third-order valence-corrected chi connectivity index (χ3v) is 1.95. The molecule has 0 saturated carbocycles. The predicted octanol–water partition coefficient (Wildman–Crippen LogP) is 0.553. The lowest BCUT2D eigenvalue weighted by molar-refractivity contribution is -0.124. The Labute approximate surface area is 94.0 Å². The van der Waals surface area contributed by atoms with Crippen LogP contribution in [0.25, 0.3) is 0 Å². The molecule has 4 N–H and O–H groups in total. The van der Waals surface area contributed by atoms with E-state index < -0.39 is 17.7 Å². The minimum atomic E-state index is -0.617. The van der Waals surface area contributed by atoms with Crippen LogP contribution in [0.3, 0.4) is 0 Å². The van der Waals surface area contributed by atoms with Crippen molar-refractivity contribution in [1.29, 1.82) is 0 Å². The molecule has 0 fully saturated rings. The van der Waals surface area contributed by atoms with Crippen molar-refractivity contribution in [3.05, 3.63) is 35.9 Å². The van der Waals surface area contributed by atoms with Crippen molar-refractivity contribution in [3.8, 4) is 0 Å². The fraction of sp³-hybridized carbons (Fsp3) is 0.200. The van der Waals surface area contributed by atoms with Crippen molar-refractivity contribution in [1.82, 2.24) is 0 Å². The molecule has 1 atom stereocenters. The van der Waals surface area contributed by atoms with Crippen LogP contribution in [-0.4, -0.2) is 11.8 Å². The molecule has 0 aliphatic rings. The minimum Gasteiger partial charge on any atom is -0.370 e. The molecule has 82 valence electrons. The Hall–Kier alpha value is -1.55. The van der Waals surface area contributed by atoms with Crippen molar-refractivity contribution in [2.75, 3.05) is 0 Å². The zero-order chi connectivity index (χ0) is 10.6. The van der Waals surface area contributed by atoms with E-state index in [1.54, 1.807) is 24.3 Å². The van der Waals surface area contributed by atoms with E-state index in [2.05, 4.69) is 0 Å². The summed E-state index contributed by atoms with van der Waals surface area (Å²) in [5.74, 6) is -1.68. The summed E-state index contributed by atoms with van der Waals surface area (Å²) in [6.45, 7) is 0. The van der Waals surface area contributed by atoms with Gasteiger partial charge >= 0.3 is 0 Å². The first-order valence-electron chi connectivity index (χ1n) is 4.24. The van der Waals surface area contributed by atoms with E-state index in [1.165, 1.54) is 0 Å². The van der Waals surface area contributed by atoms with E-state index in [0.29, 0.717) is 0 Å². The zero-order valence-electron chi connectivity index (χ0n) is 8.05. The number of carbonyl (C=O) groups excluding carboxylic acids is 2. The summed E-state index contributed by atoms with van der Waals surface area (Å²) in [6.07, 6.45) is -0.0423. The number of nitrogens with two attached hydrogens (primary N) is 2. The van der Waals surface area contributed by atoms with Crippen molar-refractivity contribution >= 4 is 24.2 Å². The maximum absolute atomic E-state index is 11.0. The van der Waals surface area contributed by atoms with Gasteiger partial charge in [-0.05, 0) is 5.56 Å². The number of benzene rings is 1. The zero-order valence-corrected chi connectivity index (χ0v) is 8.87. The molecule has 0 radical (unpaired) electrons. The minimum absolute atomic E-state index is 0. The number of hydrogen-bond acceptors (Lipinski definition) is 2. The first kappa shape index (κ1) is 13.4. The van der Waals surface area contributed by atoms with Gasteiger partial charge in [0.25, 0.3) is 0 Å². The molecule has 1 aromatic carbocycles. The lowest BCUT2D eigenvalue weighted by atomic mass is 9.95. The topological polar surface area (TPSA) is 86.2 Å². The molecule has 0 aromatic heterocycles. The van der Waals surface area contributed by atoms with Gasteiger partial charge in [0.05, 0.1) is 5.92 Å².